The predicted octanol–water partition coefficient (Wildman–Crippen LogP) is 4.87. The molecule has 3 aliphatic rings. The molecule has 2 nitrogen and oxygen atoms in total. The van der Waals surface area contributed by atoms with E-state index < -0.39 is 0 Å². The van der Waals surface area contributed by atoms with E-state index in [9.17, 15) is 0 Å². The monoisotopic (exact) mass is 339 g/mol. The van der Waals surface area contributed by atoms with Crippen molar-refractivity contribution in [2.24, 2.45) is 17.8 Å². The smallest absolute Gasteiger partial charge is 0.101 e. The highest BCUT2D eigenvalue weighted by molar-refractivity contribution is 7.99. The fraction of sp³-hybridized carbons (Fsp3) is 1.00. The van der Waals surface area contributed by atoms with Crippen LogP contribution in [-0.4, -0.2) is 35.3 Å². The van der Waals surface area contributed by atoms with E-state index in [1.165, 1.54) is 50.7 Å². The van der Waals surface area contributed by atoms with E-state index in [1.807, 2.05) is 0 Å². The van der Waals surface area contributed by atoms with Crippen molar-refractivity contribution in [2.45, 2.75) is 102 Å². The Labute approximate surface area is 147 Å². The topological polar surface area (TPSA) is 34.5 Å². The van der Waals surface area contributed by atoms with Gasteiger partial charge in [-0.05, 0) is 49.7 Å². The van der Waals surface area contributed by atoms with Crippen LogP contribution in [0.5, 0.6) is 0 Å². The van der Waals surface area contributed by atoms with Crippen molar-refractivity contribution in [1.29, 1.82) is 0 Å². The predicted molar refractivity (Wildman–Crippen MR) is 101 cm³/mol. The van der Waals surface area contributed by atoms with E-state index >= 15 is 0 Å². The van der Waals surface area contributed by atoms with Gasteiger partial charge in [-0.25, -0.2) is 0 Å². The molecule has 23 heavy (non-hydrogen) atoms. The molecule has 2 saturated heterocycles. The van der Waals surface area contributed by atoms with Crippen molar-refractivity contribution in [1.82, 2.24) is 5.32 Å². The third kappa shape index (κ3) is 4.67. The second kappa shape index (κ2) is 8.10. The summed E-state index contributed by atoms with van der Waals surface area (Å²) in [6.45, 7) is 9.39. The minimum absolute atomic E-state index is 0.511. The van der Waals surface area contributed by atoms with Gasteiger partial charge in [0, 0.05) is 11.3 Å². The standard InChI is InChI=1S/C20H37NOS/c1-5-7-8-11-17(18-13(3)15(18)6-2)23-12-9-10-16-19(21-16)20-14(4)22-20/h13-21H,5-12H2,1-4H3. The molecule has 3 fully saturated rings. The fourth-order valence-electron chi connectivity index (χ4n) is 4.72. The lowest BCUT2D eigenvalue weighted by Crippen LogP contribution is -2.10. The van der Waals surface area contributed by atoms with Crippen molar-refractivity contribution >= 4 is 11.8 Å². The van der Waals surface area contributed by atoms with Gasteiger partial charge in [0.05, 0.1) is 12.1 Å². The molecule has 2 aliphatic heterocycles. The Hall–Kier alpha value is 0.270. The Morgan fingerprint density at radius 2 is 1.91 bits per heavy atom. The van der Waals surface area contributed by atoms with Gasteiger partial charge >= 0.3 is 0 Å². The molecular formula is C20H37NOS. The number of nitrogens with one attached hydrogen (secondary N) is 1. The van der Waals surface area contributed by atoms with Gasteiger partial charge in [-0.15, -0.1) is 0 Å². The molecule has 0 aromatic heterocycles. The normalized spacial score (nSPS) is 42.5. The number of epoxide rings is 1. The van der Waals surface area contributed by atoms with Crippen LogP contribution in [0, 0.1) is 17.8 Å². The summed E-state index contributed by atoms with van der Waals surface area (Å²) >= 11 is 2.30. The molecule has 0 amide bonds. The summed E-state index contributed by atoms with van der Waals surface area (Å²) in [5, 5.41) is 4.56. The highest BCUT2D eigenvalue weighted by Gasteiger charge is 2.53. The van der Waals surface area contributed by atoms with Crippen LogP contribution in [0.2, 0.25) is 0 Å². The largest absolute Gasteiger partial charge is 0.368 e. The molecule has 1 N–H and O–H groups in total. The highest BCUT2D eigenvalue weighted by Crippen LogP contribution is 2.54. The molecule has 1 aliphatic carbocycles. The number of unbranched alkanes of at least 4 members (excludes halogenated alkanes) is 2. The molecule has 8 unspecified atom stereocenters. The summed E-state index contributed by atoms with van der Waals surface area (Å²) in [6, 6.07) is 1.44. The third-order valence-electron chi connectivity index (χ3n) is 6.46. The Morgan fingerprint density at radius 1 is 1.13 bits per heavy atom. The second-order valence-corrected chi connectivity index (χ2v) is 9.51. The lowest BCUT2D eigenvalue weighted by Gasteiger charge is -2.17. The van der Waals surface area contributed by atoms with Crippen LogP contribution in [0.3, 0.4) is 0 Å². The fourth-order valence-corrected chi connectivity index (χ4v) is 6.36. The zero-order valence-electron chi connectivity index (χ0n) is 15.6. The lowest BCUT2D eigenvalue weighted by molar-refractivity contribution is 0.374. The van der Waals surface area contributed by atoms with Gasteiger partial charge in [0.2, 0.25) is 0 Å². The van der Waals surface area contributed by atoms with Crippen LogP contribution >= 0.6 is 11.8 Å². The Bertz CT molecular complexity index is 377. The highest BCUT2D eigenvalue weighted by atomic mass is 32.2. The van der Waals surface area contributed by atoms with Crippen LogP contribution in [0.15, 0.2) is 0 Å². The Morgan fingerprint density at radius 3 is 2.52 bits per heavy atom. The van der Waals surface area contributed by atoms with Crippen molar-refractivity contribution in [3.05, 3.63) is 0 Å². The Kier molecular flexibility index (Phi) is 6.36. The summed E-state index contributed by atoms with van der Waals surface area (Å²) in [5.41, 5.74) is 0. The van der Waals surface area contributed by atoms with Gasteiger partial charge in [-0.3, -0.25) is 0 Å². The third-order valence-corrected chi connectivity index (χ3v) is 7.97. The maximum Gasteiger partial charge on any atom is 0.101 e. The first-order valence-electron chi connectivity index (χ1n) is 10.2. The quantitative estimate of drug-likeness (QED) is 0.407. The van der Waals surface area contributed by atoms with E-state index in [1.54, 1.807) is 0 Å². The summed E-state index contributed by atoms with van der Waals surface area (Å²) in [7, 11) is 0. The molecule has 0 spiro atoms. The van der Waals surface area contributed by atoms with Crippen LogP contribution in [-0.2, 0) is 4.74 Å². The molecule has 0 bridgehead atoms. The van der Waals surface area contributed by atoms with E-state index in [-0.39, 0.29) is 0 Å². The van der Waals surface area contributed by atoms with Crippen LogP contribution in [0.4, 0.5) is 0 Å². The molecule has 0 aromatic rings. The maximum atomic E-state index is 5.58. The number of hydrogen-bond donors (Lipinski definition) is 1. The van der Waals surface area contributed by atoms with Gasteiger partial charge in [-0.2, -0.15) is 11.8 Å². The van der Waals surface area contributed by atoms with Gasteiger partial charge in [0.25, 0.3) is 0 Å². The van der Waals surface area contributed by atoms with Crippen molar-refractivity contribution < 1.29 is 4.74 Å². The molecule has 1 saturated carbocycles. The zero-order valence-corrected chi connectivity index (χ0v) is 16.4. The van der Waals surface area contributed by atoms with Crippen LogP contribution in [0.25, 0.3) is 0 Å². The maximum absolute atomic E-state index is 5.58. The molecule has 0 radical (unpaired) electrons. The SMILES string of the molecule is CCCCCC(SCCCC1NC1C1OC1C)C1C(C)C1CC. The van der Waals surface area contributed by atoms with Crippen molar-refractivity contribution in [2.75, 3.05) is 5.75 Å². The first-order valence-corrected chi connectivity index (χ1v) is 11.2. The van der Waals surface area contributed by atoms with E-state index in [4.69, 9.17) is 4.74 Å². The van der Waals surface area contributed by atoms with Crippen LogP contribution in [0.1, 0.15) is 72.6 Å². The van der Waals surface area contributed by atoms with E-state index in [0.717, 1.165) is 29.0 Å². The molecule has 134 valence electrons. The molecule has 2 heterocycles. The number of ether oxygens (including phenoxy) is 1. The zero-order chi connectivity index (χ0) is 16.4. The van der Waals surface area contributed by atoms with Crippen molar-refractivity contribution in [3.63, 3.8) is 0 Å². The Balaban J connectivity index is 1.32. The van der Waals surface area contributed by atoms with Crippen molar-refractivity contribution in [3.8, 4) is 0 Å². The summed E-state index contributed by atoms with van der Waals surface area (Å²) in [4.78, 5) is 0. The lowest BCUT2D eigenvalue weighted by atomic mass is 10.1. The summed E-state index contributed by atoms with van der Waals surface area (Å²) < 4.78 is 5.58. The first kappa shape index (κ1) is 18.1. The summed E-state index contributed by atoms with van der Waals surface area (Å²) in [6.07, 6.45) is 10.8. The van der Waals surface area contributed by atoms with Gasteiger partial charge < -0.3 is 10.1 Å². The van der Waals surface area contributed by atoms with E-state index in [0.29, 0.717) is 18.2 Å². The van der Waals surface area contributed by atoms with E-state index in [2.05, 4.69) is 44.8 Å². The average molecular weight is 340 g/mol. The molecule has 3 heteroatoms. The van der Waals surface area contributed by atoms with Gasteiger partial charge in [0.1, 0.15) is 6.10 Å². The van der Waals surface area contributed by atoms with Gasteiger partial charge in [0.15, 0.2) is 0 Å². The number of hydrogen-bond acceptors (Lipinski definition) is 3. The molecule has 8 atom stereocenters. The van der Waals surface area contributed by atoms with Crippen LogP contribution < -0.4 is 5.32 Å². The minimum atomic E-state index is 0.511. The number of thioether (sulfide) groups is 1. The second-order valence-electron chi connectivity index (χ2n) is 8.16. The first-order chi connectivity index (χ1) is 11.2. The number of rotatable bonds is 12. The molecule has 0 aromatic carbocycles. The molecule has 3 rings (SSSR count). The molecular weight excluding hydrogens is 302 g/mol. The summed E-state index contributed by atoms with van der Waals surface area (Å²) in [5.74, 6) is 4.40. The van der Waals surface area contributed by atoms with Gasteiger partial charge in [-0.1, -0.05) is 46.5 Å². The average Bonchev–Trinajstić information content (AvgIpc) is 3.43. The minimum Gasteiger partial charge on any atom is -0.368 e.